The first-order valence-electron chi connectivity index (χ1n) is 16.0. The molecule has 1 unspecified atom stereocenters. The number of morpholine rings is 1. The summed E-state index contributed by atoms with van der Waals surface area (Å²) in [5, 5.41) is 15.7. The Balaban J connectivity index is 1.26. The molecule has 1 aromatic heterocycles. The van der Waals surface area contributed by atoms with Crippen molar-refractivity contribution in [2.45, 2.75) is 37.8 Å². The van der Waals surface area contributed by atoms with E-state index in [4.69, 9.17) is 9.47 Å². The van der Waals surface area contributed by atoms with Crippen LogP contribution in [0.1, 0.15) is 29.7 Å². The molecule has 11 nitrogen and oxygen atoms in total. The lowest BCUT2D eigenvalue weighted by atomic mass is 10.0. The van der Waals surface area contributed by atoms with E-state index < -0.39 is 87.9 Å². The second-order valence-corrected chi connectivity index (χ2v) is 12.1. The van der Waals surface area contributed by atoms with Crippen LogP contribution in [-0.2, 0) is 33.2 Å². The summed E-state index contributed by atoms with van der Waals surface area (Å²) in [5.41, 5.74) is -5.59. The number of nitrogens with zero attached hydrogens (tertiary/aromatic N) is 5. The van der Waals surface area contributed by atoms with Gasteiger partial charge in [0.05, 0.1) is 42.7 Å². The number of halogens is 8. The highest BCUT2D eigenvalue weighted by atomic mass is 19.4. The Hall–Kier alpha value is -4.88. The Morgan fingerprint density at radius 1 is 0.981 bits per heavy atom. The summed E-state index contributed by atoms with van der Waals surface area (Å²) < 4.78 is 122. The first-order valence-corrected chi connectivity index (χ1v) is 16.0. The molecule has 3 aliphatic heterocycles. The van der Waals surface area contributed by atoms with E-state index in [2.05, 4.69) is 15.3 Å². The number of rotatable bonds is 9. The number of carbonyl (C=O) groups excluding carboxylic acids is 2. The molecule has 2 fully saturated rings. The van der Waals surface area contributed by atoms with Gasteiger partial charge in [-0.05, 0) is 43.2 Å². The summed E-state index contributed by atoms with van der Waals surface area (Å²) in [6.07, 6.45) is -8.76. The molecule has 0 aliphatic carbocycles. The van der Waals surface area contributed by atoms with E-state index >= 15 is 8.78 Å². The number of hydrazine groups is 1. The maximum atomic E-state index is 15.4. The largest absolute Gasteiger partial charge is 0.510 e. The molecular formula is C33H30F8N6O5. The predicted octanol–water partition coefficient (Wildman–Crippen LogP) is 5.34. The highest BCUT2D eigenvalue weighted by Gasteiger charge is 2.45. The number of nitrogens with one attached hydrogen (secondary N) is 1. The van der Waals surface area contributed by atoms with Crippen LogP contribution in [0.25, 0.3) is 11.3 Å². The third-order valence-corrected chi connectivity index (χ3v) is 8.83. The molecule has 1 atom stereocenters. The number of aromatic nitrogens is 2. The second kappa shape index (κ2) is 14.6. The SMILES string of the molecule is O=C(Nc1ccc(C(F)(F)F)cc1-c1cc(C(F)(F)F)ncn1)C1=C(O)C2CCCN2N(Cc2ccc(OCCN3CCOCC3)c(F)c2F)C1=O. The van der Waals surface area contributed by atoms with Crippen LogP contribution in [0, 0.1) is 11.6 Å². The number of anilines is 1. The number of aliphatic hydroxyl groups is 1. The number of amides is 2. The van der Waals surface area contributed by atoms with Crippen LogP contribution in [0.2, 0.25) is 0 Å². The van der Waals surface area contributed by atoms with Gasteiger partial charge in [0.25, 0.3) is 11.8 Å². The third kappa shape index (κ3) is 7.65. The summed E-state index contributed by atoms with van der Waals surface area (Å²) in [7, 11) is 0. The van der Waals surface area contributed by atoms with Gasteiger partial charge in [-0.25, -0.2) is 19.4 Å². The highest BCUT2D eigenvalue weighted by Crippen LogP contribution is 2.39. The number of ether oxygens (including phenoxy) is 2. The van der Waals surface area contributed by atoms with E-state index in [1.807, 2.05) is 4.90 Å². The minimum absolute atomic E-state index is 0.0691. The molecule has 2 N–H and O–H groups in total. The van der Waals surface area contributed by atoms with Crippen LogP contribution in [0.3, 0.4) is 0 Å². The Bertz CT molecular complexity index is 1880. The van der Waals surface area contributed by atoms with Crippen LogP contribution in [0.4, 0.5) is 40.8 Å². The van der Waals surface area contributed by atoms with Crippen molar-refractivity contribution >= 4 is 17.5 Å². The van der Waals surface area contributed by atoms with Crippen molar-refractivity contribution in [1.82, 2.24) is 24.9 Å². The minimum Gasteiger partial charge on any atom is -0.510 e. The molecule has 0 radical (unpaired) electrons. The fraction of sp³-hybridized carbons (Fsp3) is 0.394. The van der Waals surface area contributed by atoms with E-state index in [-0.39, 0.29) is 30.9 Å². The number of aliphatic hydroxyl groups excluding tert-OH is 1. The molecule has 0 spiro atoms. The van der Waals surface area contributed by atoms with Crippen molar-refractivity contribution < 1.29 is 59.3 Å². The first-order chi connectivity index (χ1) is 24.6. The van der Waals surface area contributed by atoms with Crippen LogP contribution in [-0.4, -0.2) is 93.8 Å². The number of hydrogen-bond acceptors (Lipinski definition) is 9. The second-order valence-electron chi connectivity index (χ2n) is 12.1. The quantitative estimate of drug-likeness (QED) is 0.221. The van der Waals surface area contributed by atoms with Crippen molar-refractivity contribution in [2.75, 3.05) is 51.3 Å². The Labute approximate surface area is 290 Å². The zero-order valence-corrected chi connectivity index (χ0v) is 27.0. The lowest BCUT2D eigenvalue weighted by molar-refractivity contribution is -0.153. The molecule has 3 aliphatic rings. The van der Waals surface area contributed by atoms with Gasteiger partial charge in [-0.2, -0.15) is 30.7 Å². The van der Waals surface area contributed by atoms with Gasteiger partial charge in [0.2, 0.25) is 5.82 Å². The normalized spacial score (nSPS) is 18.9. The van der Waals surface area contributed by atoms with Gasteiger partial charge in [0.15, 0.2) is 11.6 Å². The van der Waals surface area contributed by atoms with E-state index in [1.165, 1.54) is 17.1 Å². The zero-order chi connectivity index (χ0) is 37.4. The number of carbonyl (C=O) groups is 2. The molecule has 0 saturated carbocycles. The molecular weight excluding hydrogens is 712 g/mol. The summed E-state index contributed by atoms with van der Waals surface area (Å²) in [4.78, 5) is 36.3. The molecule has 3 aromatic rings. The van der Waals surface area contributed by atoms with Crippen molar-refractivity contribution in [1.29, 1.82) is 0 Å². The number of alkyl halides is 6. The molecule has 52 heavy (non-hydrogen) atoms. The highest BCUT2D eigenvalue weighted by molar-refractivity contribution is 6.24. The molecule has 2 aromatic carbocycles. The Kier molecular flexibility index (Phi) is 10.4. The van der Waals surface area contributed by atoms with E-state index in [9.17, 15) is 41.0 Å². The molecule has 4 heterocycles. The van der Waals surface area contributed by atoms with Gasteiger partial charge >= 0.3 is 12.4 Å². The van der Waals surface area contributed by atoms with E-state index in [0.717, 1.165) is 11.1 Å². The van der Waals surface area contributed by atoms with Crippen molar-refractivity contribution in [2.24, 2.45) is 0 Å². The minimum atomic E-state index is -4.98. The van der Waals surface area contributed by atoms with E-state index in [1.54, 1.807) is 0 Å². The van der Waals surface area contributed by atoms with Crippen LogP contribution < -0.4 is 10.1 Å². The van der Waals surface area contributed by atoms with Gasteiger partial charge < -0.3 is 19.9 Å². The smallest absolute Gasteiger partial charge is 0.433 e. The molecule has 2 amide bonds. The van der Waals surface area contributed by atoms with Crippen LogP contribution >= 0.6 is 0 Å². The molecule has 278 valence electrons. The van der Waals surface area contributed by atoms with Gasteiger partial charge in [-0.15, -0.1) is 0 Å². The third-order valence-electron chi connectivity index (χ3n) is 8.83. The van der Waals surface area contributed by atoms with Crippen molar-refractivity contribution in [3.05, 3.63) is 82.5 Å². The van der Waals surface area contributed by atoms with Crippen molar-refractivity contribution in [3.8, 4) is 17.0 Å². The molecule has 19 heteroatoms. The summed E-state index contributed by atoms with van der Waals surface area (Å²) >= 11 is 0. The van der Waals surface area contributed by atoms with Crippen LogP contribution in [0.15, 0.2) is 54.1 Å². The lowest BCUT2D eigenvalue weighted by Crippen LogP contribution is -2.55. The topological polar surface area (TPSA) is 120 Å². The lowest BCUT2D eigenvalue weighted by Gasteiger charge is -2.40. The average Bonchev–Trinajstić information content (AvgIpc) is 3.60. The number of benzene rings is 2. The van der Waals surface area contributed by atoms with Crippen LogP contribution in [0.5, 0.6) is 5.75 Å². The van der Waals surface area contributed by atoms with Gasteiger partial charge in [-0.3, -0.25) is 19.5 Å². The monoisotopic (exact) mass is 742 g/mol. The molecule has 6 rings (SSSR count). The Morgan fingerprint density at radius 3 is 2.44 bits per heavy atom. The first kappa shape index (κ1) is 36.9. The maximum Gasteiger partial charge on any atom is 0.433 e. The number of hydrogen-bond donors (Lipinski definition) is 2. The number of fused-ring (bicyclic) bond motifs is 1. The zero-order valence-electron chi connectivity index (χ0n) is 27.0. The van der Waals surface area contributed by atoms with Crippen molar-refractivity contribution in [3.63, 3.8) is 0 Å². The fourth-order valence-corrected chi connectivity index (χ4v) is 6.18. The molecule has 2 saturated heterocycles. The summed E-state index contributed by atoms with van der Waals surface area (Å²) in [6, 6.07) is 3.64. The van der Waals surface area contributed by atoms with Gasteiger partial charge in [-0.1, -0.05) is 6.07 Å². The predicted molar refractivity (Wildman–Crippen MR) is 165 cm³/mol. The van der Waals surface area contributed by atoms with E-state index in [0.29, 0.717) is 63.8 Å². The standard InChI is InChI=1S/C33H30F8N6O5/c34-27-18(3-6-24(28(27)35)52-13-10-45-8-11-51-12-9-45)16-47-31(50)26(29(48)23-2-1-7-46(23)47)30(49)44-21-5-4-19(32(36,37)38)14-20(21)22-15-25(33(39,40)41)43-17-42-22/h3-6,14-15,17,23,48H,1-2,7-13,16H2,(H,44,49). The summed E-state index contributed by atoms with van der Waals surface area (Å²) in [6.45, 7) is 2.57. The van der Waals surface area contributed by atoms with Gasteiger partial charge in [0.1, 0.15) is 30.0 Å². The fourth-order valence-electron chi connectivity index (χ4n) is 6.18. The maximum absolute atomic E-state index is 15.4. The average molecular weight is 743 g/mol. The summed E-state index contributed by atoms with van der Waals surface area (Å²) in [5.74, 6) is -6.10. The Morgan fingerprint density at radius 2 is 1.73 bits per heavy atom. The molecule has 0 bridgehead atoms. The van der Waals surface area contributed by atoms with Gasteiger partial charge in [0, 0.05) is 37.3 Å².